The second-order valence-corrected chi connectivity index (χ2v) is 4.21. The highest BCUT2D eigenvalue weighted by atomic mass is 19.1. The number of aromatic nitrogens is 3. The third-order valence-electron chi connectivity index (χ3n) is 2.79. The first-order valence-corrected chi connectivity index (χ1v) is 6.07. The third-order valence-corrected chi connectivity index (χ3v) is 2.79. The number of aryl methyl sites for hydroxylation is 1. The summed E-state index contributed by atoms with van der Waals surface area (Å²) in [5.74, 6) is 0.127. The van der Waals surface area contributed by atoms with Crippen molar-refractivity contribution in [2.45, 2.75) is 26.3 Å². The number of H-pyrrole nitrogens is 1. The highest BCUT2D eigenvalue weighted by Gasteiger charge is 2.15. The first kappa shape index (κ1) is 13.2. The van der Waals surface area contributed by atoms with Crippen LogP contribution in [0, 0.1) is 5.82 Å². The minimum atomic E-state index is -0.354. The van der Waals surface area contributed by atoms with E-state index in [1.807, 2.05) is 13.8 Å². The van der Waals surface area contributed by atoms with Gasteiger partial charge in [0.2, 0.25) is 5.82 Å². The minimum Gasteiger partial charge on any atom is -0.343 e. The molecule has 0 saturated carbocycles. The summed E-state index contributed by atoms with van der Waals surface area (Å²) in [7, 11) is 0. The van der Waals surface area contributed by atoms with Crippen LogP contribution in [0.4, 0.5) is 4.39 Å². The predicted molar refractivity (Wildman–Crippen MR) is 68.0 cm³/mol. The number of amides is 1. The smallest absolute Gasteiger partial charge is 0.291 e. The van der Waals surface area contributed by atoms with Crippen LogP contribution in [0.15, 0.2) is 24.3 Å². The van der Waals surface area contributed by atoms with Crippen LogP contribution in [-0.4, -0.2) is 21.1 Å². The second-order valence-electron chi connectivity index (χ2n) is 4.21. The number of rotatable bonds is 4. The van der Waals surface area contributed by atoms with Gasteiger partial charge in [-0.05, 0) is 24.6 Å². The fourth-order valence-electron chi connectivity index (χ4n) is 1.65. The quantitative estimate of drug-likeness (QED) is 0.885. The van der Waals surface area contributed by atoms with Crippen molar-refractivity contribution in [2.24, 2.45) is 0 Å². The number of benzene rings is 1. The molecular formula is C13H15FN4O. The van der Waals surface area contributed by atoms with Crippen molar-refractivity contribution in [3.05, 3.63) is 47.3 Å². The average Bonchev–Trinajstić information content (AvgIpc) is 2.88. The van der Waals surface area contributed by atoms with Crippen LogP contribution in [0.3, 0.4) is 0 Å². The summed E-state index contributed by atoms with van der Waals surface area (Å²) < 4.78 is 12.8. The van der Waals surface area contributed by atoms with E-state index in [9.17, 15) is 9.18 Å². The number of carbonyl (C=O) groups is 1. The second kappa shape index (κ2) is 5.60. The number of nitrogens with one attached hydrogen (secondary N) is 2. The standard InChI is InChI=1S/C13H15FN4O/c1-3-11-16-12(18-17-11)13(19)15-8(2)9-4-6-10(14)7-5-9/h4-8H,3H2,1-2H3,(H,15,19)(H,16,17,18). The van der Waals surface area contributed by atoms with Crippen LogP contribution in [0.5, 0.6) is 0 Å². The Morgan fingerprint density at radius 3 is 2.68 bits per heavy atom. The van der Waals surface area contributed by atoms with E-state index < -0.39 is 0 Å². The zero-order valence-corrected chi connectivity index (χ0v) is 10.8. The lowest BCUT2D eigenvalue weighted by molar-refractivity contribution is 0.0929. The van der Waals surface area contributed by atoms with Crippen molar-refractivity contribution in [1.82, 2.24) is 20.5 Å². The largest absolute Gasteiger partial charge is 0.343 e. The summed E-state index contributed by atoms with van der Waals surface area (Å²) in [6.45, 7) is 3.74. The van der Waals surface area contributed by atoms with Gasteiger partial charge in [-0.1, -0.05) is 19.1 Å². The van der Waals surface area contributed by atoms with E-state index >= 15 is 0 Å². The van der Waals surface area contributed by atoms with Gasteiger partial charge in [0.25, 0.3) is 5.91 Å². The molecule has 1 unspecified atom stereocenters. The number of nitrogens with zero attached hydrogens (tertiary/aromatic N) is 2. The Bertz CT molecular complexity index is 564. The highest BCUT2D eigenvalue weighted by Crippen LogP contribution is 2.13. The Morgan fingerprint density at radius 2 is 2.11 bits per heavy atom. The van der Waals surface area contributed by atoms with Gasteiger partial charge in [0.1, 0.15) is 11.6 Å². The van der Waals surface area contributed by atoms with E-state index in [2.05, 4.69) is 20.5 Å². The molecule has 1 atom stereocenters. The van der Waals surface area contributed by atoms with Gasteiger partial charge in [0.05, 0.1) is 6.04 Å². The molecule has 0 bridgehead atoms. The molecule has 0 aliphatic rings. The molecule has 1 amide bonds. The molecule has 19 heavy (non-hydrogen) atoms. The molecule has 0 aliphatic heterocycles. The Hall–Kier alpha value is -2.24. The maximum atomic E-state index is 12.8. The van der Waals surface area contributed by atoms with Crippen molar-refractivity contribution in [1.29, 1.82) is 0 Å². The molecular weight excluding hydrogens is 247 g/mol. The highest BCUT2D eigenvalue weighted by molar-refractivity contribution is 5.90. The van der Waals surface area contributed by atoms with E-state index in [0.717, 1.165) is 5.56 Å². The summed E-state index contributed by atoms with van der Waals surface area (Å²) >= 11 is 0. The summed E-state index contributed by atoms with van der Waals surface area (Å²) in [6, 6.07) is 5.75. The maximum Gasteiger partial charge on any atom is 0.291 e. The number of carbonyl (C=O) groups excluding carboxylic acids is 1. The summed E-state index contributed by atoms with van der Waals surface area (Å²) in [6.07, 6.45) is 0.688. The lowest BCUT2D eigenvalue weighted by atomic mass is 10.1. The van der Waals surface area contributed by atoms with Gasteiger partial charge in [-0.25, -0.2) is 9.37 Å². The van der Waals surface area contributed by atoms with Crippen molar-refractivity contribution in [3.8, 4) is 0 Å². The monoisotopic (exact) mass is 262 g/mol. The van der Waals surface area contributed by atoms with Gasteiger partial charge in [0.15, 0.2) is 0 Å². The molecule has 1 aromatic heterocycles. The molecule has 0 aliphatic carbocycles. The van der Waals surface area contributed by atoms with E-state index in [0.29, 0.717) is 12.2 Å². The molecule has 0 radical (unpaired) electrons. The summed E-state index contributed by atoms with van der Waals surface area (Å²) in [4.78, 5) is 15.9. The molecule has 6 heteroatoms. The number of hydrogen-bond acceptors (Lipinski definition) is 3. The molecule has 100 valence electrons. The van der Waals surface area contributed by atoms with Crippen molar-refractivity contribution in [2.75, 3.05) is 0 Å². The molecule has 0 saturated heterocycles. The van der Waals surface area contributed by atoms with E-state index in [1.54, 1.807) is 12.1 Å². The van der Waals surface area contributed by atoms with Gasteiger partial charge < -0.3 is 5.32 Å². The molecule has 0 spiro atoms. The van der Waals surface area contributed by atoms with Gasteiger partial charge in [0, 0.05) is 6.42 Å². The Balaban J connectivity index is 2.04. The Morgan fingerprint density at radius 1 is 1.42 bits per heavy atom. The summed E-state index contributed by atoms with van der Waals surface area (Å²) in [5, 5.41) is 9.29. The molecule has 2 rings (SSSR count). The van der Waals surface area contributed by atoms with E-state index in [1.165, 1.54) is 12.1 Å². The zero-order chi connectivity index (χ0) is 13.8. The van der Waals surface area contributed by atoms with Crippen LogP contribution in [0.25, 0.3) is 0 Å². The first-order valence-electron chi connectivity index (χ1n) is 6.07. The number of aromatic amines is 1. The van der Waals surface area contributed by atoms with Crippen molar-refractivity contribution < 1.29 is 9.18 Å². The number of halogens is 1. The first-order chi connectivity index (χ1) is 9.10. The van der Waals surface area contributed by atoms with Gasteiger partial charge in [-0.15, -0.1) is 5.10 Å². The van der Waals surface area contributed by atoms with Crippen molar-refractivity contribution in [3.63, 3.8) is 0 Å². The molecule has 2 aromatic rings. The fraction of sp³-hybridized carbons (Fsp3) is 0.308. The average molecular weight is 262 g/mol. The lowest BCUT2D eigenvalue weighted by Gasteiger charge is -2.12. The molecule has 1 heterocycles. The third kappa shape index (κ3) is 3.15. The molecule has 0 fully saturated rings. The summed E-state index contributed by atoms with van der Waals surface area (Å²) in [5.41, 5.74) is 0.820. The normalized spacial score (nSPS) is 12.2. The Labute approximate surface area is 110 Å². The minimum absolute atomic E-state index is 0.116. The molecule has 5 nitrogen and oxygen atoms in total. The van der Waals surface area contributed by atoms with Crippen LogP contribution in [0.2, 0.25) is 0 Å². The molecule has 1 aromatic carbocycles. The predicted octanol–water partition coefficient (Wildman–Crippen LogP) is 2.00. The van der Waals surface area contributed by atoms with Crippen molar-refractivity contribution >= 4 is 5.91 Å². The van der Waals surface area contributed by atoms with Gasteiger partial charge in [-0.2, -0.15) is 0 Å². The van der Waals surface area contributed by atoms with Crippen LogP contribution < -0.4 is 5.32 Å². The van der Waals surface area contributed by atoms with Crippen LogP contribution in [0.1, 0.15) is 41.9 Å². The van der Waals surface area contributed by atoms with E-state index in [-0.39, 0.29) is 23.6 Å². The molecule has 2 N–H and O–H groups in total. The van der Waals surface area contributed by atoms with Crippen LogP contribution >= 0.6 is 0 Å². The van der Waals surface area contributed by atoms with Gasteiger partial charge in [-0.3, -0.25) is 9.89 Å². The lowest BCUT2D eigenvalue weighted by Crippen LogP contribution is -2.27. The van der Waals surface area contributed by atoms with Gasteiger partial charge >= 0.3 is 0 Å². The zero-order valence-electron chi connectivity index (χ0n) is 10.8. The number of hydrogen-bond donors (Lipinski definition) is 2. The SMILES string of the molecule is CCc1nc(C(=O)NC(C)c2ccc(F)cc2)n[nH]1. The Kier molecular flexibility index (Phi) is 3.89. The topological polar surface area (TPSA) is 70.7 Å². The van der Waals surface area contributed by atoms with Crippen LogP contribution in [-0.2, 0) is 6.42 Å². The fourth-order valence-corrected chi connectivity index (χ4v) is 1.65. The van der Waals surface area contributed by atoms with E-state index in [4.69, 9.17) is 0 Å². The maximum absolute atomic E-state index is 12.8.